The molecule has 0 bridgehead atoms. The lowest BCUT2D eigenvalue weighted by Crippen LogP contribution is -2.29. The molecule has 1 aromatic heterocycles. The molecule has 0 saturated carbocycles. The Hall–Kier alpha value is -0.730. The van der Waals surface area contributed by atoms with Crippen molar-refractivity contribution in [2.45, 2.75) is 11.7 Å². The van der Waals surface area contributed by atoms with Crippen molar-refractivity contribution in [1.29, 1.82) is 0 Å². The molecule has 1 aromatic rings. The maximum atomic E-state index is 11.7. The molecule has 0 aliphatic carbocycles. The van der Waals surface area contributed by atoms with Crippen LogP contribution in [0.2, 0.25) is 0 Å². The standard InChI is InChI=1S/C6H10N4O2S2/c11-14(12,5-1-2-7-3-5)10-6-9-8-4-13-6/h4-5,7H,1-3H2,(H,9,10). The largest absolute Gasteiger partial charge is 0.315 e. The summed E-state index contributed by atoms with van der Waals surface area (Å²) in [5, 5.41) is 10.2. The summed E-state index contributed by atoms with van der Waals surface area (Å²) in [6, 6.07) is 0. The molecule has 2 heterocycles. The monoisotopic (exact) mass is 234 g/mol. The van der Waals surface area contributed by atoms with E-state index >= 15 is 0 Å². The van der Waals surface area contributed by atoms with Crippen LogP contribution >= 0.6 is 11.3 Å². The molecule has 2 N–H and O–H groups in total. The van der Waals surface area contributed by atoms with Gasteiger partial charge in [0.05, 0.1) is 5.25 Å². The van der Waals surface area contributed by atoms with Crippen molar-refractivity contribution in [1.82, 2.24) is 15.5 Å². The van der Waals surface area contributed by atoms with E-state index in [4.69, 9.17) is 0 Å². The van der Waals surface area contributed by atoms with Crippen LogP contribution in [0.4, 0.5) is 5.13 Å². The van der Waals surface area contributed by atoms with Crippen LogP contribution in [0.5, 0.6) is 0 Å². The maximum absolute atomic E-state index is 11.7. The van der Waals surface area contributed by atoms with E-state index in [0.717, 1.165) is 6.54 Å². The summed E-state index contributed by atoms with van der Waals surface area (Å²) in [7, 11) is -3.29. The summed E-state index contributed by atoms with van der Waals surface area (Å²) in [4.78, 5) is 0. The first-order valence-electron chi connectivity index (χ1n) is 4.17. The number of rotatable bonds is 3. The van der Waals surface area contributed by atoms with E-state index in [1.54, 1.807) is 0 Å². The second-order valence-electron chi connectivity index (χ2n) is 3.01. The highest BCUT2D eigenvalue weighted by atomic mass is 32.2. The maximum Gasteiger partial charge on any atom is 0.238 e. The zero-order valence-electron chi connectivity index (χ0n) is 7.30. The predicted octanol–water partition coefficient (Wildman–Crippen LogP) is -0.358. The van der Waals surface area contributed by atoms with E-state index < -0.39 is 10.0 Å². The Morgan fingerprint density at radius 3 is 3.07 bits per heavy atom. The Morgan fingerprint density at radius 2 is 2.50 bits per heavy atom. The van der Waals surface area contributed by atoms with E-state index in [-0.39, 0.29) is 5.25 Å². The van der Waals surface area contributed by atoms with Gasteiger partial charge in [0, 0.05) is 6.54 Å². The number of aromatic nitrogens is 2. The molecule has 14 heavy (non-hydrogen) atoms. The fraction of sp³-hybridized carbons (Fsp3) is 0.667. The van der Waals surface area contributed by atoms with Gasteiger partial charge in [-0.25, -0.2) is 8.42 Å². The Morgan fingerprint density at radius 1 is 1.64 bits per heavy atom. The quantitative estimate of drug-likeness (QED) is 0.746. The Balaban J connectivity index is 2.09. The fourth-order valence-electron chi connectivity index (χ4n) is 1.32. The van der Waals surface area contributed by atoms with Gasteiger partial charge in [0.25, 0.3) is 0 Å². The highest BCUT2D eigenvalue weighted by Gasteiger charge is 2.29. The van der Waals surface area contributed by atoms with E-state index in [2.05, 4.69) is 20.2 Å². The molecule has 1 saturated heterocycles. The van der Waals surface area contributed by atoms with Gasteiger partial charge in [-0.2, -0.15) is 0 Å². The number of anilines is 1. The van der Waals surface area contributed by atoms with Gasteiger partial charge in [0.2, 0.25) is 15.2 Å². The Bertz CT molecular complexity index is 382. The van der Waals surface area contributed by atoms with Crippen LogP contribution in [0.1, 0.15) is 6.42 Å². The summed E-state index contributed by atoms with van der Waals surface area (Å²) < 4.78 is 25.8. The lowest BCUT2D eigenvalue weighted by molar-refractivity contribution is 0.588. The van der Waals surface area contributed by atoms with Crippen molar-refractivity contribution in [3.63, 3.8) is 0 Å². The van der Waals surface area contributed by atoms with Crippen LogP contribution < -0.4 is 10.0 Å². The number of hydrogen-bond acceptors (Lipinski definition) is 6. The molecule has 0 aromatic carbocycles. The van der Waals surface area contributed by atoms with Crippen LogP contribution in [0, 0.1) is 0 Å². The van der Waals surface area contributed by atoms with Crippen LogP contribution in [0.15, 0.2) is 5.51 Å². The number of nitrogens with one attached hydrogen (secondary N) is 2. The number of nitrogens with zero attached hydrogens (tertiary/aromatic N) is 2. The third-order valence-corrected chi connectivity index (χ3v) is 4.54. The molecule has 1 fully saturated rings. The van der Waals surface area contributed by atoms with E-state index in [0.29, 0.717) is 18.1 Å². The fourth-order valence-corrected chi connectivity index (χ4v) is 3.36. The van der Waals surface area contributed by atoms with Gasteiger partial charge in [-0.1, -0.05) is 11.3 Å². The number of sulfonamides is 1. The first-order valence-corrected chi connectivity index (χ1v) is 6.59. The lowest BCUT2D eigenvalue weighted by atomic mass is 10.4. The van der Waals surface area contributed by atoms with Crippen molar-refractivity contribution in [2.24, 2.45) is 0 Å². The molecule has 0 amide bonds. The SMILES string of the molecule is O=S(=O)(Nc1nncs1)C1CCNC1. The van der Waals surface area contributed by atoms with Crippen molar-refractivity contribution in [2.75, 3.05) is 17.8 Å². The highest BCUT2D eigenvalue weighted by molar-refractivity contribution is 7.93. The molecule has 0 spiro atoms. The van der Waals surface area contributed by atoms with Gasteiger partial charge >= 0.3 is 0 Å². The minimum Gasteiger partial charge on any atom is -0.315 e. The number of hydrogen-bond donors (Lipinski definition) is 2. The van der Waals surface area contributed by atoms with E-state index in [1.165, 1.54) is 16.8 Å². The van der Waals surface area contributed by atoms with Crippen molar-refractivity contribution in [3.05, 3.63) is 5.51 Å². The summed E-state index contributed by atoms with van der Waals surface area (Å²) in [5.41, 5.74) is 1.49. The average Bonchev–Trinajstić information content (AvgIpc) is 2.71. The zero-order chi connectivity index (χ0) is 10.0. The second kappa shape index (κ2) is 3.79. The minimum atomic E-state index is -3.29. The Labute approximate surface area is 85.8 Å². The van der Waals surface area contributed by atoms with Gasteiger partial charge in [-0.05, 0) is 13.0 Å². The van der Waals surface area contributed by atoms with Gasteiger partial charge < -0.3 is 5.32 Å². The minimum absolute atomic E-state index is 0.330. The Kier molecular flexibility index (Phi) is 2.66. The van der Waals surface area contributed by atoms with Crippen LogP contribution in [-0.2, 0) is 10.0 Å². The van der Waals surface area contributed by atoms with E-state index in [9.17, 15) is 8.42 Å². The molecule has 0 radical (unpaired) electrons. The van der Waals surface area contributed by atoms with E-state index in [1.807, 2.05) is 0 Å². The smallest absolute Gasteiger partial charge is 0.238 e. The summed E-state index contributed by atoms with van der Waals surface area (Å²) in [6.45, 7) is 1.26. The third kappa shape index (κ3) is 2.02. The molecule has 8 heteroatoms. The van der Waals surface area contributed by atoms with Gasteiger partial charge in [-0.15, -0.1) is 10.2 Å². The molecule has 1 atom stereocenters. The molecular weight excluding hydrogens is 224 g/mol. The van der Waals surface area contributed by atoms with Crippen LogP contribution in [0.25, 0.3) is 0 Å². The molecule has 1 aliphatic heterocycles. The molecule has 1 unspecified atom stereocenters. The van der Waals surface area contributed by atoms with Gasteiger partial charge in [0.15, 0.2) is 0 Å². The topological polar surface area (TPSA) is 84.0 Å². The summed E-state index contributed by atoms with van der Waals surface area (Å²) in [5.74, 6) is 0. The van der Waals surface area contributed by atoms with Gasteiger partial charge in [0.1, 0.15) is 5.51 Å². The first kappa shape index (κ1) is 9.81. The summed E-state index contributed by atoms with van der Waals surface area (Å²) in [6.07, 6.45) is 0.647. The predicted molar refractivity (Wildman–Crippen MR) is 53.7 cm³/mol. The third-order valence-electron chi connectivity index (χ3n) is 2.04. The normalized spacial score (nSPS) is 22.4. The van der Waals surface area contributed by atoms with Crippen molar-refractivity contribution >= 4 is 26.5 Å². The van der Waals surface area contributed by atoms with Crippen LogP contribution in [0.3, 0.4) is 0 Å². The van der Waals surface area contributed by atoms with Crippen molar-refractivity contribution in [3.8, 4) is 0 Å². The molecule has 6 nitrogen and oxygen atoms in total. The lowest BCUT2D eigenvalue weighted by Gasteiger charge is -2.09. The molecule has 1 aliphatic rings. The molecular formula is C6H10N4O2S2. The first-order chi connectivity index (χ1) is 6.68. The molecule has 2 rings (SSSR count). The second-order valence-corrected chi connectivity index (χ2v) is 5.80. The average molecular weight is 234 g/mol. The zero-order valence-corrected chi connectivity index (χ0v) is 8.94. The summed E-state index contributed by atoms with van der Waals surface area (Å²) >= 11 is 1.18. The highest BCUT2D eigenvalue weighted by Crippen LogP contribution is 2.16. The van der Waals surface area contributed by atoms with Crippen molar-refractivity contribution < 1.29 is 8.42 Å². The molecule has 78 valence electrons. The van der Waals surface area contributed by atoms with Crippen LogP contribution in [-0.4, -0.2) is 37.0 Å². The van der Waals surface area contributed by atoms with Gasteiger partial charge in [-0.3, -0.25) is 4.72 Å².